The van der Waals surface area contributed by atoms with Gasteiger partial charge >= 0.3 is 12.0 Å². The molecule has 0 spiro atoms. The molecule has 6 nitrogen and oxygen atoms in total. The lowest BCUT2D eigenvalue weighted by Gasteiger charge is -2.24. The van der Waals surface area contributed by atoms with Gasteiger partial charge in [-0.2, -0.15) is 4.58 Å². The van der Waals surface area contributed by atoms with Crippen LogP contribution in [0.1, 0.15) is 42.3 Å². The summed E-state index contributed by atoms with van der Waals surface area (Å²) in [5, 5.41) is 0. The molecule has 0 atom stereocenters. The minimum Gasteiger partial charge on any atom is -0.444 e. The molecule has 0 saturated heterocycles. The average molecular weight is 332 g/mol. The van der Waals surface area contributed by atoms with Gasteiger partial charge in [0.2, 0.25) is 0 Å². The zero-order valence-electron chi connectivity index (χ0n) is 15.0. The van der Waals surface area contributed by atoms with Gasteiger partial charge in [0.1, 0.15) is 5.60 Å². The summed E-state index contributed by atoms with van der Waals surface area (Å²) in [7, 11) is 1.66. The van der Waals surface area contributed by atoms with Gasteiger partial charge in [-0.25, -0.2) is 9.59 Å². The summed E-state index contributed by atoms with van der Waals surface area (Å²) >= 11 is 0. The van der Waals surface area contributed by atoms with Crippen molar-refractivity contribution in [2.75, 3.05) is 25.9 Å². The van der Waals surface area contributed by atoms with Crippen molar-refractivity contribution in [2.24, 2.45) is 0 Å². The summed E-state index contributed by atoms with van der Waals surface area (Å²) in [5.41, 5.74) is 8.72. The number of anilines is 1. The summed E-state index contributed by atoms with van der Waals surface area (Å²) in [6.45, 7) is 8.22. The number of hydrogen-bond donors (Lipinski definition) is 1. The number of ether oxygens (including phenoxy) is 1. The molecule has 6 heteroatoms. The van der Waals surface area contributed by atoms with E-state index in [2.05, 4.69) is 0 Å². The van der Waals surface area contributed by atoms with Crippen LogP contribution in [-0.2, 0) is 11.2 Å². The van der Waals surface area contributed by atoms with E-state index in [0.29, 0.717) is 30.8 Å². The Balaban J connectivity index is 2.03. The Hall–Kier alpha value is -2.37. The molecule has 130 valence electrons. The lowest BCUT2D eigenvalue weighted by molar-refractivity contribution is -0.426. The first kappa shape index (κ1) is 18.0. The number of aryl methyl sites for hydroxylation is 1. The minimum atomic E-state index is -0.535. The molecular weight excluding hydrogens is 306 g/mol. The molecule has 0 bridgehead atoms. The van der Waals surface area contributed by atoms with Crippen molar-refractivity contribution in [3.63, 3.8) is 0 Å². The Morgan fingerprint density at radius 2 is 2.04 bits per heavy atom. The Labute approximate surface area is 142 Å². The van der Waals surface area contributed by atoms with Gasteiger partial charge in [0.25, 0.3) is 0 Å². The van der Waals surface area contributed by atoms with Crippen LogP contribution in [-0.4, -0.2) is 53.4 Å². The third kappa shape index (κ3) is 3.93. The number of fused-ring (bicyclic) bond motifs is 1. The maximum Gasteiger partial charge on any atom is 0.419 e. The molecule has 0 fully saturated rings. The van der Waals surface area contributed by atoms with Crippen LogP contribution in [0.4, 0.5) is 10.5 Å². The molecule has 0 saturated carbocycles. The predicted molar refractivity (Wildman–Crippen MR) is 93.7 cm³/mol. The molecule has 24 heavy (non-hydrogen) atoms. The van der Waals surface area contributed by atoms with Crippen molar-refractivity contribution in [2.45, 2.75) is 39.7 Å². The van der Waals surface area contributed by atoms with Gasteiger partial charge in [0, 0.05) is 18.3 Å². The third-order valence-electron chi connectivity index (χ3n) is 3.96. The first-order valence-electron chi connectivity index (χ1n) is 8.06. The molecule has 0 radical (unpaired) electrons. The van der Waals surface area contributed by atoms with Gasteiger partial charge in [-0.05, 0) is 39.3 Å². The minimum absolute atomic E-state index is 0.0828. The molecule has 1 aliphatic rings. The van der Waals surface area contributed by atoms with E-state index in [9.17, 15) is 9.59 Å². The molecule has 1 aromatic carbocycles. The van der Waals surface area contributed by atoms with E-state index in [1.54, 1.807) is 11.6 Å². The van der Waals surface area contributed by atoms with Gasteiger partial charge in [0.05, 0.1) is 18.5 Å². The Morgan fingerprint density at radius 3 is 2.67 bits per heavy atom. The van der Waals surface area contributed by atoms with Crippen LogP contribution in [0.5, 0.6) is 0 Å². The zero-order chi connectivity index (χ0) is 18.1. The Bertz CT molecular complexity index is 702. The van der Waals surface area contributed by atoms with Gasteiger partial charge < -0.3 is 15.4 Å². The van der Waals surface area contributed by atoms with Crippen LogP contribution < -0.4 is 5.73 Å². The quantitative estimate of drug-likeness (QED) is 0.680. The van der Waals surface area contributed by atoms with E-state index < -0.39 is 11.7 Å². The van der Waals surface area contributed by atoms with E-state index in [1.165, 1.54) is 4.90 Å². The first-order chi connectivity index (χ1) is 11.1. The monoisotopic (exact) mass is 332 g/mol. The van der Waals surface area contributed by atoms with E-state index in [4.69, 9.17) is 10.5 Å². The molecule has 1 aromatic rings. The normalized spacial score (nSPS) is 14.0. The first-order valence-corrected chi connectivity index (χ1v) is 8.06. The van der Waals surface area contributed by atoms with Crippen molar-refractivity contribution in [1.29, 1.82) is 0 Å². The number of nitrogens with zero attached hydrogens (tertiary/aromatic N) is 2. The van der Waals surface area contributed by atoms with E-state index >= 15 is 0 Å². The number of benzene rings is 1. The highest BCUT2D eigenvalue weighted by atomic mass is 16.6. The topological polar surface area (TPSA) is 75.6 Å². The number of nitrogens with two attached hydrogens (primary N) is 1. The molecular formula is C18H26N3O3+. The third-order valence-corrected chi connectivity index (χ3v) is 3.96. The molecule has 1 aliphatic heterocycles. The highest BCUT2D eigenvalue weighted by molar-refractivity contribution is 5.96. The fourth-order valence-corrected chi connectivity index (χ4v) is 2.52. The van der Waals surface area contributed by atoms with Crippen molar-refractivity contribution >= 4 is 23.9 Å². The second-order valence-electron chi connectivity index (χ2n) is 7.11. The predicted octanol–water partition coefficient (Wildman–Crippen LogP) is 2.22. The van der Waals surface area contributed by atoms with Crippen LogP contribution in [0.25, 0.3) is 0 Å². The molecule has 0 unspecified atom stereocenters. The van der Waals surface area contributed by atoms with Crippen molar-refractivity contribution in [3.8, 4) is 0 Å². The van der Waals surface area contributed by atoms with E-state index in [1.807, 2.05) is 46.0 Å². The molecule has 1 heterocycles. The summed E-state index contributed by atoms with van der Waals surface area (Å²) in [4.78, 5) is 26.0. The lowest BCUT2D eigenvalue weighted by Crippen LogP contribution is -2.39. The van der Waals surface area contributed by atoms with E-state index in [-0.39, 0.29) is 5.91 Å². The lowest BCUT2D eigenvalue weighted by atomic mass is 9.96. The fourth-order valence-electron chi connectivity index (χ4n) is 2.52. The number of carbonyl (C=O) groups is 2. The Kier molecular flexibility index (Phi) is 4.96. The number of nitrogen functional groups attached to an aromatic ring is 1. The molecule has 0 aromatic heterocycles. The van der Waals surface area contributed by atoms with Crippen LogP contribution in [0, 0.1) is 6.92 Å². The SMILES string of the molecule is Cc1ccc2c(c1N)CC=[N+](CCN(C)C(=O)OC(C)(C)C)C2=O. The number of hydrogen-bond acceptors (Lipinski definition) is 4. The van der Waals surface area contributed by atoms with Crippen LogP contribution in [0.3, 0.4) is 0 Å². The number of amides is 2. The number of rotatable bonds is 3. The van der Waals surface area contributed by atoms with Crippen molar-refractivity contribution in [3.05, 3.63) is 28.8 Å². The highest BCUT2D eigenvalue weighted by Crippen LogP contribution is 2.24. The summed E-state index contributed by atoms with van der Waals surface area (Å²) in [6, 6.07) is 3.68. The number of carbonyl (C=O) groups excluding carboxylic acids is 2. The maximum atomic E-state index is 12.6. The van der Waals surface area contributed by atoms with E-state index in [0.717, 1.165) is 11.1 Å². The molecule has 2 rings (SSSR count). The van der Waals surface area contributed by atoms with Crippen LogP contribution in [0.15, 0.2) is 12.1 Å². The Morgan fingerprint density at radius 1 is 1.38 bits per heavy atom. The summed E-state index contributed by atoms with van der Waals surface area (Å²) in [5.74, 6) is -0.0828. The summed E-state index contributed by atoms with van der Waals surface area (Å²) < 4.78 is 6.95. The van der Waals surface area contributed by atoms with Crippen LogP contribution in [0.2, 0.25) is 0 Å². The second kappa shape index (κ2) is 6.63. The molecule has 2 amide bonds. The van der Waals surface area contributed by atoms with Crippen LogP contribution >= 0.6 is 0 Å². The van der Waals surface area contributed by atoms with Gasteiger partial charge in [0.15, 0.2) is 12.8 Å². The summed E-state index contributed by atoms with van der Waals surface area (Å²) in [6.07, 6.45) is 2.06. The zero-order valence-corrected chi connectivity index (χ0v) is 15.0. The maximum absolute atomic E-state index is 12.6. The average Bonchev–Trinajstić information content (AvgIpc) is 2.48. The van der Waals surface area contributed by atoms with Gasteiger partial charge in [-0.3, -0.25) is 0 Å². The van der Waals surface area contributed by atoms with Gasteiger partial charge in [-0.1, -0.05) is 6.07 Å². The highest BCUT2D eigenvalue weighted by Gasteiger charge is 2.30. The standard InChI is InChI=1S/C18H26N3O3/c1-12-6-7-14-13(15(12)19)8-9-21(16(14)22)11-10-20(5)17(23)24-18(2,3)4/h6-7,9H,8,10-11,19H2,1-5H3/q+1. The largest absolute Gasteiger partial charge is 0.444 e. The molecule has 2 N–H and O–H groups in total. The second-order valence-corrected chi connectivity index (χ2v) is 7.11. The molecule has 0 aliphatic carbocycles. The number of likely N-dealkylation sites (N-methyl/N-ethyl adjacent to an activating group) is 1. The smallest absolute Gasteiger partial charge is 0.419 e. The fraction of sp³-hybridized carbons (Fsp3) is 0.500. The van der Waals surface area contributed by atoms with Gasteiger partial charge in [-0.15, -0.1) is 0 Å². The van der Waals surface area contributed by atoms with Crippen molar-refractivity contribution < 1.29 is 18.9 Å². The van der Waals surface area contributed by atoms with Crippen molar-refractivity contribution in [1.82, 2.24) is 4.90 Å².